The minimum atomic E-state index is 0.295. The van der Waals surface area contributed by atoms with Crippen LogP contribution in [-0.2, 0) is 11.2 Å². The third-order valence-corrected chi connectivity index (χ3v) is 5.40. The smallest absolute Gasteiger partial charge is 0.226 e. The molecule has 1 amide bonds. The third kappa shape index (κ3) is 7.42. The van der Waals surface area contributed by atoms with Gasteiger partial charge in [0, 0.05) is 51.1 Å². The van der Waals surface area contributed by atoms with Crippen LogP contribution in [0, 0.1) is 6.92 Å². The van der Waals surface area contributed by atoms with Crippen LogP contribution in [0.1, 0.15) is 50.3 Å². The quantitative estimate of drug-likeness (QED) is 0.365. The highest BCUT2D eigenvalue weighted by Crippen LogP contribution is 2.19. The second kappa shape index (κ2) is 12.1. The second-order valence-corrected chi connectivity index (χ2v) is 7.99. The van der Waals surface area contributed by atoms with Crippen molar-refractivity contribution in [2.45, 2.75) is 52.4 Å². The summed E-state index contributed by atoms with van der Waals surface area (Å²) in [5, 5.41) is 6.64. The number of nitrogens with zero attached hydrogens (tertiary/aromatic N) is 3. The average molecular weight is 426 g/mol. The molecule has 2 aromatic rings. The first kappa shape index (κ1) is 22.8. The van der Waals surface area contributed by atoms with Crippen LogP contribution < -0.4 is 10.6 Å². The SMILES string of the molecule is CCNC(=NCCCN1CCCCCC1=O)NCCc1coc(-c2ccc(C)cc2)n1. The van der Waals surface area contributed by atoms with Gasteiger partial charge in [0.15, 0.2) is 5.96 Å². The lowest BCUT2D eigenvalue weighted by molar-refractivity contribution is -0.130. The van der Waals surface area contributed by atoms with Gasteiger partial charge in [-0.25, -0.2) is 4.98 Å². The summed E-state index contributed by atoms with van der Waals surface area (Å²) in [5.41, 5.74) is 3.12. The van der Waals surface area contributed by atoms with Gasteiger partial charge in [-0.05, 0) is 45.2 Å². The van der Waals surface area contributed by atoms with E-state index in [2.05, 4.69) is 46.6 Å². The first-order valence-electron chi connectivity index (χ1n) is 11.5. The topological polar surface area (TPSA) is 82.8 Å². The Balaban J connectivity index is 1.42. The van der Waals surface area contributed by atoms with Crippen molar-refractivity contribution in [1.29, 1.82) is 0 Å². The summed E-state index contributed by atoms with van der Waals surface area (Å²) in [6, 6.07) is 8.17. The molecule has 1 fully saturated rings. The van der Waals surface area contributed by atoms with Gasteiger partial charge >= 0.3 is 0 Å². The number of carbonyl (C=O) groups excluding carboxylic acids is 1. The Kier molecular flexibility index (Phi) is 8.94. The van der Waals surface area contributed by atoms with Crippen LogP contribution in [0.15, 0.2) is 39.9 Å². The minimum absolute atomic E-state index is 0.295. The molecule has 2 N–H and O–H groups in total. The highest BCUT2D eigenvalue weighted by Gasteiger charge is 2.15. The van der Waals surface area contributed by atoms with E-state index in [0.29, 0.717) is 24.8 Å². The number of hydrogen-bond donors (Lipinski definition) is 2. The number of aliphatic imine (C=N–C) groups is 1. The molecule has 0 atom stereocenters. The van der Waals surface area contributed by atoms with E-state index in [9.17, 15) is 4.79 Å². The summed E-state index contributed by atoms with van der Waals surface area (Å²) in [5.74, 6) is 1.75. The molecule has 0 aliphatic carbocycles. The lowest BCUT2D eigenvalue weighted by Gasteiger charge is -2.20. The van der Waals surface area contributed by atoms with Crippen LogP contribution in [0.3, 0.4) is 0 Å². The number of benzene rings is 1. The summed E-state index contributed by atoms with van der Waals surface area (Å²) >= 11 is 0. The van der Waals surface area contributed by atoms with Gasteiger partial charge in [0.05, 0.1) is 5.69 Å². The van der Waals surface area contributed by atoms with E-state index in [-0.39, 0.29) is 0 Å². The Labute approximate surface area is 185 Å². The van der Waals surface area contributed by atoms with Crippen molar-refractivity contribution in [3.63, 3.8) is 0 Å². The minimum Gasteiger partial charge on any atom is -0.444 e. The third-order valence-electron chi connectivity index (χ3n) is 5.40. The predicted octanol–water partition coefficient (Wildman–Crippen LogP) is 3.54. The zero-order chi connectivity index (χ0) is 21.9. The molecule has 2 heterocycles. The van der Waals surface area contributed by atoms with Crippen molar-refractivity contribution in [3.05, 3.63) is 41.8 Å². The van der Waals surface area contributed by atoms with Gasteiger partial charge in [0.1, 0.15) is 6.26 Å². The number of likely N-dealkylation sites (tertiary alicyclic amines) is 1. The number of guanidine groups is 1. The molecule has 0 spiro atoms. The molecule has 1 aromatic carbocycles. The molecule has 0 unspecified atom stereocenters. The highest BCUT2D eigenvalue weighted by molar-refractivity contribution is 5.79. The Hall–Kier alpha value is -2.83. The molecule has 168 valence electrons. The number of carbonyl (C=O) groups is 1. The fourth-order valence-corrected chi connectivity index (χ4v) is 3.63. The zero-order valence-corrected chi connectivity index (χ0v) is 18.8. The van der Waals surface area contributed by atoms with Crippen molar-refractivity contribution in [2.24, 2.45) is 4.99 Å². The van der Waals surface area contributed by atoms with Gasteiger partial charge in [0.2, 0.25) is 11.8 Å². The number of aromatic nitrogens is 1. The molecule has 0 saturated carbocycles. The number of hydrogen-bond acceptors (Lipinski definition) is 4. The van der Waals surface area contributed by atoms with Crippen molar-refractivity contribution in [1.82, 2.24) is 20.5 Å². The maximum Gasteiger partial charge on any atom is 0.226 e. The largest absolute Gasteiger partial charge is 0.444 e. The first-order chi connectivity index (χ1) is 15.2. The van der Waals surface area contributed by atoms with Crippen LogP contribution in [-0.4, -0.2) is 54.5 Å². The van der Waals surface area contributed by atoms with Crippen molar-refractivity contribution >= 4 is 11.9 Å². The predicted molar refractivity (Wildman–Crippen MR) is 124 cm³/mol. The zero-order valence-electron chi connectivity index (χ0n) is 18.8. The lowest BCUT2D eigenvalue weighted by atomic mass is 10.1. The van der Waals surface area contributed by atoms with E-state index >= 15 is 0 Å². The molecule has 7 heteroatoms. The molecule has 1 saturated heterocycles. The first-order valence-corrected chi connectivity index (χ1v) is 11.5. The van der Waals surface area contributed by atoms with E-state index in [1.54, 1.807) is 6.26 Å². The van der Waals surface area contributed by atoms with Gasteiger partial charge in [0.25, 0.3) is 0 Å². The van der Waals surface area contributed by atoms with Gasteiger partial charge in [-0.1, -0.05) is 24.1 Å². The number of nitrogens with one attached hydrogen (secondary N) is 2. The van der Waals surface area contributed by atoms with E-state index in [4.69, 9.17) is 4.42 Å². The van der Waals surface area contributed by atoms with E-state index in [1.807, 2.05) is 17.0 Å². The molecule has 1 aliphatic rings. The Morgan fingerprint density at radius 3 is 2.84 bits per heavy atom. The standard InChI is InChI=1S/C24H35N5O2/c1-3-25-24(26-14-7-17-29-16-6-4-5-8-22(29)30)27-15-13-21-18-31-23(28-21)20-11-9-19(2)10-12-20/h9-12,18H,3-8,13-17H2,1-2H3,(H2,25,26,27). The van der Waals surface area contributed by atoms with E-state index < -0.39 is 0 Å². The van der Waals surface area contributed by atoms with Gasteiger partial charge in [-0.15, -0.1) is 0 Å². The van der Waals surface area contributed by atoms with Gasteiger partial charge in [-0.2, -0.15) is 0 Å². The fraction of sp³-hybridized carbons (Fsp3) is 0.542. The monoisotopic (exact) mass is 425 g/mol. The van der Waals surface area contributed by atoms with Crippen LogP contribution >= 0.6 is 0 Å². The molecule has 0 radical (unpaired) electrons. The Bertz CT molecular complexity index is 844. The summed E-state index contributed by atoms with van der Waals surface area (Å²) in [6.45, 7) is 8.02. The number of oxazole rings is 1. The van der Waals surface area contributed by atoms with Crippen molar-refractivity contribution < 1.29 is 9.21 Å². The second-order valence-electron chi connectivity index (χ2n) is 7.99. The molecule has 3 rings (SSSR count). The lowest BCUT2D eigenvalue weighted by Crippen LogP contribution is -2.38. The van der Waals surface area contributed by atoms with Gasteiger partial charge < -0.3 is 20.0 Å². The Morgan fingerprint density at radius 2 is 2.03 bits per heavy atom. The molecule has 31 heavy (non-hydrogen) atoms. The normalized spacial score (nSPS) is 15.1. The summed E-state index contributed by atoms with van der Waals surface area (Å²) in [7, 11) is 0. The van der Waals surface area contributed by atoms with Crippen LogP contribution in [0.5, 0.6) is 0 Å². The van der Waals surface area contributed by atoms with Crippen LogP contribution in [0.25, 0.3) is 11.5 Å². The molecular weight excluding hydrogens is 390 g/mol. The summed E-state index contributed by atoms with van der Waals surface area (Å²) in [6.07, 6.45) is 7.35. The van der Waals surface area contributed by atoms with Crippen LogP contribution in [0.4, 0.5) is 0 Å². The van der Waals surface area contributed by atoms with E-state index in [0.717, 1.165) is 75.5 Å². The maximum atomic E-state index is 12.1. The average Bonchev–Trinajstić information content (AvgIpc) is 3.14. The number of rotatable bonds is 9. The van der Waals surface area contributed by atoms with Crippen molar-refractivity contribution in [2.75, 3.05) is 32.7 Å². The molecule has 0 bridgehead atoms. The van der Waals surface area contributed by atoms with Crippen molar-refractivity contribution in [3.8, 4) is 11.5 Å². The molecule has 1 aliphatic heterocycles. The van der Waals surface area contributed by atoms with Crippen LogP contribution in [0.2, 0.25) is 0 Å². The highest BCUT2D eigenvalue weighted by atomic mass is 16.3. The summed E-state index contributed by atoms with van der Waals surface area (Å²) < 4.78 is 5.63. The van der Waals surface area contributed by atoms with Gasteiger partial charge in [-0.3, -0.25) is 9.79 Å². The summed E-state index contributed by atoms with van der Waals surface area (Å²) in [4.78, 5) is 23.3. The Morgan fingerprint density at radius 1 is 1.19 bits per heavy atom. The number of amides is 1. The molecule has 1 aromatic heterocycles. The maximum absolute atomic E-state index is 12.1. The van der Waals surface area contributed by atoms with E-state index in [1.165, 1.54) is 5.56 Å². The molecule has 7 nitrogen and oxygen atoms in total. The fourth-order valence-electron chi connectivity index (χ4n) is 3.63. The molecular formula is C24H35N5O2. The number of aryl methyl sites for hydroxylation is 1.